The number of benzene rings is 1. The molecule has 0 radical (unpaired) electrons. The SMILES string of the molecule is Cc1ncc(NC(=O)C2CC3CC3N2C(=O)Nc2cn(C(N)=O)c3ccccc23)nc1Br. The van der Waals surface area contributed by atoms with Crippen LogP contribution in [0.1, 0.15) is 18.5 Å². The van der Waals surface area contributed by atoms with Crippen LogP contribution in [0.5, 0.6) is 0 Å². The second-order valence-corrected chi connectivity index (χ2v) is 8.79. The third kappa shape index (κ3) is 3.48. The number of primary amides is 1. The quantitative estimate of drug-likeness (QED) is 0.510. The second-order valence-electron chi connectivity index (χ2n) is 8.04. The maximum atomic E-state index is 13.2. The number of urea groups is 1. The Bertz CT molecular complexity index is 1270. The molecule has 1 aliphatic heterocycles. The Balaban J connectivity index is 1.37. The predicted molar refractivity (Wildman–Crippen MR) is 121 cm³/mol. The lowest BCUT2D eigenvalue weighted by atomic mass is 10.1. The van der Waals surface area contributed by atoms with E-state index in [1.807, 2.05) is 6.07 Å². The number of carbonyl (C=O) groups excluding carboxylic acids is 3. The van der Waals surface area contributed by atoms with Crippen LogP contribution in [0.15, 0.2) is 41.3 Å². The topological polar surface area (TPSA) is 135 Å². The van der Waals surface area contributed by atoms with Crippen molar-refractivity contribution in [2.45, 2.75) is 31.8 Å². The van der Waals surface area contributed by atoms with Crippen LogP contribution in [0.3, 0.4) is 0 Å². The van der Waals surface area contributed by atoms with Gasteiger partial charge in [-0.15, -0.1) is 0 Å². The number of aryl methyl sites for hydroxylation is 1. The molecule has 5 rings (SSSR count). The van der Waals surface area contributed by atoms with Crippen molar-refractivity contribution in [2.24, 2.45) is 11.7 Å². The van der Waals surface area contributed by atoms with Gasteiger partial charge in [0.15, 0.2) is 5.82 Å². The third-order valence-corrected chi connectivity index (χ3v) is 6.73. The van der Waals surface area contributed by atoms with Crippen LogP contribution in [0.25, 0.3) is 10.9 Å². The molecule has 3 unspecified atom stereocenters. The normalized spacial score (nSPS) is 21.3. The number of carbonyl (C=O) groups is 3. The first kappa shape index (κ1) is 20.4. The van der Waals surface area contributed by atoms with Gasteiger partial charge in [0.25, 0.3) is 0 Å². The number of nitrogens with two attached hydrogens (primary N) is 1. The van der Waals surface area contributed by atoms with Crippen molar-refractivity contribution in [1.29, 1.82) is 0 Å². The Hall–Kier alpha value is -3.47. The fraction of sp³-hybridized carbons (Fsp3) is 0.286. The van der Waals surface area contributed by atoms with Crippen LogP contribution in [-0.4, -0.2) is 49.5 Å². The van der Waals surface area contributed by atoms with Crippen LogP contribution < -0.4 is 16.4 Å². The number of aromatic nitrogens is 3. The van der Waals surface area contributed by atoms with E-state index < -0.39 is 18.1 Å². The molecular weight excluding hydrogens is 478 g/mol. The van der Waals surface area contributed by atoms with Gasteiger partial charge in [-0.05, 0) is 47.7 Å². The van der Waals surface area contributed by atoms with Crippen LogP contribution >= 0.6 is 15.9 Å². The van der Waals surface area contributed by atoms with E-state index in [0.717, 1.165) is 6.42 Å². The minimum Gasteiger partial charge on any atom is -0.351 e. The van der Waals surface area contributed by atoms with E-state index in [-0.39, 0.29) is 11.9 Å². The van der Waals surface area contributed by atoms with E-state index in [4.69, 9.17) is 5.73 Å². The van der Waals surface area contributed by atoms with Gasteiger partial charge >= 0.3 is 12.1 Å². The molecule has 0 bridgehead atoms. The summed E-state index contributed by atoms with van der Waals surface area (Å²) in [6.07, 6.45) is 4.44. The summed E-state index contributed by atoms with van der Waals surface area (Å²) in [6, 6.07) is 5.51. The molecule has 3 aromatic rings. The van der Waals surface area contributed by atoms with Crippen molar-refractivity contribution >= 4 is 56.3 Å². The number of para-hydroxylation sites is 1. The summed E-state index contributed by atoms with van der Waals surface area (Å²) in [5, 5.41) is 6.32. The Labute approximate surface area is 191 Å². The van der Waals surface area contributed by atoms with Crippen molar-refractivity contribution in [3.8, 4) is 0 Å². The van der Waals surface area contributed by atoms with E-state index in [1.165, 1.54) is 17.0 Å². The molecule has 4 N–H and O–H groups in total. The highest BCUT2D eigenvalue weighted by atomic mass is 79.9. The summed E-state index contributed by atoms with van der Waals surface area (Å²) in [5.41, 5.74) is 7.23. The molecule has 1 aromatic carbocycles. The van der Waals surface area contributed by atoms with Crippen LogP contribution in [0.2, 0.25) is 0 Å². The first-order chi connectivity index (χ1) is 15.3. The number of hydrogen-bond acceptors (Lipinski definition) is 5. The molecule has 3 heterocycles. The maximum Gasteiger partial charge on any atom is 0.323 e. The van der Waals surface area contributed by atoms with Crippen molar-refractivity contribution in [1.82, 2.24) is 19.4 Å². The minimum absolute atomic E-state index is 0.0195. The van der Waals surface area contributed by atoms with Gasteiger partial charge in [0.2, 0.25) is 5.91 Å². The zero-order valence-corrected chi connectivity index (χ0v) is 18.7. The first-order valence-corrected chi connectivity index (χ1v) is 10.9. The molecular formula is C21H20BrN7O3. The number of piperidine rings is 1. The molecule has 164 valence electrons. The molecule has 2 fully saturated rings. The molecule has 1 saturated carbocycles. The van der Waals surface area contributed by atoms with Crippen LogP contribution in [0, 0.1) is 12.8 Å². The highest BCUT2D eigenvalue weighted by Crippen LogP contribution is 2.48. The number of nitrogens with zero attached hydrogens (tertiary/aromatic N) is 4. The number of fused-ring (bicyclic) bond motifs is 2. The Morgan fingerprint density at radius 3 is 2.72 bits per heavy atom. The van der Waals surface area contributed by atoms with E-state index in [9.17, 15) is 14.4 Å². The molecule has 32 heavy (non-hydrogen) atoms. The lowest BCUT2D eigenvalue weighted by Gasteiger charge is -2.26. The number of halogens is 1. The van der Waals surface area contributed by atoms with Gasteiger partial charge in [0.05, 0.1) is 23.1 Å². The third-order valence-electron chi connectivity index (χ3n) is 5.98. The summed E-state index contributed by atoms with van der Waals surface area (Å²) in [4.78, 5) is 48.0. The van der Waals surface area contributed by atoms with Gasteiger partial charge in [-0.3, -0.25) is 14.3 Å². The number of rotatable bonds is 3. The Morgan fingerprint density at radius 2 is 1.97 bits per heavy atom. The maximum absolute atomic E-state index is 13.2. The Kier molecular flexibility index (Phi) is 4.85. The fourth-order valence-corrected chi connectivity index (χ4v) is 4.61. The minimum atomic E-state index is -0.646. The van der Waals surface area contributed by atoms with Gasteiger partial charge in [-0.2, -0.15) is 0 Å². The van der Waals surface area contributed by atoms with Crippen molar-refractivity contribution in [2.75, 3.05) is 10.6 Å². The summed E-state index contributed by atoms with van der Waals surface area (Å²) in [7, 11) is 0. The summed E-state index contributed by atoms with van der Waals surface area (Å²) < 4.78 is 1.83. The van der Waals surface area contributed by atoms with Crippen LogP contribution in [0.4, 0.5) is 21.1 Å². The van der Waals surface area contributed by atoms with Crippen molar-refractivity contribution in [3.63, 3.8) is 0 Å². The van der Waals surface area contributed by atoms with E-state index >= 15 is 0 Å². The van der Waals surface area contributed by atoms with Crippen LogP contribution in [-0.2, 0) is 4.79 Å². The van der Waals surface area contributed by atoms with Gasteiger partial charge in [-0.25, -0.2) is 14.6 Å². The first-order valence-electron chi connectivity index (χ1n) is 10.1. The largest absolute Gasteiger partial charge is 0.351 e. The Morgan fingerprint density at radius 1 is 1.19 bits per heavy atom. The average molecular weight is 498 g/mol. The lowest BCUT2D eigenvalue weighted by molar-refractivity contribution is -0.120. The second kappa shape index (κ2) is 7.59. The van der Waals surface area contributed by atoms with E-state index in [1.54, 1.807) is 30.0 Å². The molecule has 10 nitrogen and oxygen atoms in total. The van der Waals surface area contributed by atoms with Gasteiger partial charge in [0, 0.05) is 17.6 Å². The number of likely N-dealkylation sites (tertiary alicyclic amines) is 1. The van der Waals surface area contributed by atoms with E-state index in [2.05, 4.69) is 36.5 Å². The average Bonchev–Trinajstić information content (AvgIpc) is 3.26. The summed E-state index contributed by atoms with van der Waals surface area (Å²) in [6.45, 7) is 1.80. The smallest absolute Gasteiger partial charge is 0.323 e. The molecule has 2 aliphatic rings. The number of anilines is 2. The monoisotopic (exact) mass is 497 g/mol. The molecule has 1 aliphatic carbocycles. The zero-order valence-electron chi connectivity index (χ0n) is 17.1. The predicted octanol–water partition coefficient (Wildman–Crippen LogP) is 3.06. The zero-order chi connectivity index (χ0) is 22.6. The summed E-state index contributed by atoms with van der Waals surface area (Å²) in [5.74, 6) is 0.314. The highest BCUT2D eigenvalue weighted by molar-refractivity contribution is 9.10. The van der Waals surface area contributed by atoms with Crippen molar-refractivity contribution < 1.29 is 14.4 Å². The molecule has 1 saturated heterocycles. The van der Waals surface area contributed by atoms with E-state index in [0.29, 0.717) is 45.0 Å². The number of amides is 4. The molecule has 4 amide bonds. The van der Waals surface area contributed by atoms with Gasteiger partial charge in [0.1, 0.15) is 10.6 Å². The molecule has 0 spiro atoms. The standard InChI is InChI=1S/C21H20BrN7O3/c1-10-18(22)26-17(8-24-10)27-19(30)16-7-11-6-15(11)29(16)21(32)25-13-9-28(20(23)31)14-5-3-2-4-12(13)14/h2-5,8-9,11,15-16H,6-7H2,1H3,(H2,23,31)(H,25,32)(H,26,27,30). The summed E-state index contributed by atoms with van der Waals surface area (Å²) >= 11 is 3.31. The lowest BCUT2D eigenvalue weighted by Crippen LogP contribution is -2.47. The fourth-order valence-electron chi connectivity index (χ4n) is 4.32. The van der Waals surface area contributed by atoms with Crippen molar-refractivity contribution in [3.05, 3.63) is 47.0 Å². The molecule has 3 atom stereocenters. The van der Waals surface area contributed by atoms with Gasteiger partial charge < -0.3 is 21.3 Å². The number of hydrogen-bond donors (Lipinski definition) is 3. The van der Waals surface area contributed by atoms with Gasteiger partial charge in [-0.1, -0.05) is 18.2 Å². The molecule has 11 heteroatoms. The molecule has 2 aromatic heterocycles. The highest BCUT2D eigenvalue weighted by Gasteiger charge is 2.56. The number of nitrogens with one attached hydrogen (secondary N) is 2.